The predicted molar refractivity (Wildman–Crippen MR) is 78.8 cm³/mol. The van der Waals surface area contributed by atoms with Crippen LogP contribution in [0.4, 0.5) is 0 Å². The van der Waals surface area contributed by atoms with E-state index in [2.05, 4.69) is 0 Å². The molecule has 1 aromatic carbocycles. The summed E-state index contributed by atoms with van der Waals surface area (Å²) in [5, 5.41) is 0. The maximum atomic E-state index is 12.4. The van der Waals surface area contributed by atoms with Gasteiger partial charge in [0.2, 0.25) is 11.2 Å². The Kier molecular flexibility index (Phi) is 3.81. The van der Waals surface area contributed by atoms with E-state index in [-0.39, 0.29) is 16.7 Å². The molecule has 1 aromatic heterocycles. The fraction of sp³-hybridized carbons (Fsp3) is 0.500. The highest BCUT2D eigenvalue weighted by atomic mass is 17.0. The number of rotatable bonds is 2. The third-order valence-corrected chi connectivity index (χ3v) is 2.56. The lowest BCUT2D eigenvalue weighted by molar-refractivity contribution is 0.000769. The largest absolute Gasteiger partial charge is 0.456 e. The van der Waals surface area contributed by atoms with Crippen molar-refractivity contribution < 1.29 is 28.2 Å². The minimum atomic E-state index is -0.699. The Morgan fingerprint density at radius 2 is 1.41 bits per heavy atom. The molecule has 0 aliphatic heterocycles. The van der Waals surface area contributed by atoms with Crippen LogP contribution in [0.3, 0.4) is 0 Å². The Hall–Kier alpha value is -2.24. The van der Waals surface area contributed by atoms with Crippen LogP contribution in [0.15, 0.2) is 21.3 Å². The van der Waals surface area contributed by atoms with E-state index in [0.717, 1.165) is 0 Å². The van der Waals surface area contributed by atoms with E-state index in [4.69, 9.17) is 18.6 Å². The molecule has 2 aromatic rings. The molecule has 0 saturated carbocycles. The maximum absolute atomic E-state index is 12.4. The van der Waals surface area contributed by atoms with E-state index >= 15 is 0 Å². The van der Waals surface area contributed by atoms with Gasteiger partial charge in [-0.1, -0.05) is 0 Å². The van der Waals surface area contributed by atoms with E-state index < -0.39 is 23.1 Å². The molecule has 6 heteroatoms. The van der Waals surface area contributed by atoms with Gasteiger partial charge in [0.25, 0.3) is 0 Å². The summed E-state index contributed by atoms with van der Waals surface area (Å²) in [6.07, 6.45) is 0. The number of fused-ring (bicyclic) bond motifs is 1. The Labute approximate surface area is 128 Å². The standard InChI is InChI=1S/C16H20O6/c1-15(2,3)19-13(17)9-7-8-10-12(22-21-10)11(9)14(18)20-16(4,5)6/h7-8H,1-6H3. The Balaban J connectivity index is 2.45. The number of ether oxygens (including phenoxy) is 2. The number of hydrogen-bond acceptors (Lipinski definition) is 6. The summed E-state index contributed by atoms with van der Waals surface area (Å²) in [7, 11) is 0. The Bertz CT molecular complexity index is 705. The summed E-state index contributed by atoms with van der Waals surface area (Å²) < 4.78 is 20.3. The molecule has 120 valence electrons. The fourth-order valence-electron chi connectivity index (χ4n) is 1.80. The molecule has 0 N–H and O–H groups in total. The van der Waals surface area contributed by atoms with Crippen molar-refractivity contribution in [2.45, 2.75) is 52.7 Å². The van der Waals surface area contributed by atoms with Crippen LogP contribution in [0.2, 0.25) is 0 Å². The highest BCUT2D eigenvalue weighted by Gasteiger charge is 2.31. The average molecular weight is 308 g/mol. The van der Waals surface area contributed by atoms with Crippen LogP contribution < -0.4 is 0 Å². The van der Waals surface area contributed by atoms with Gasteiger partial charge in [0.1, 0.15) is 16.8 Å². The zero-order chi connectivity index (χ0) is 16.7. The molecule has 0 saturated heterocycles. The van der Waals surface area contributed by atoms with Gasteiger partial charge in [0.15, 0.2) is 0 Å². The second kappa shape index (κ2) is 5.19. The van der Waals surface area contributed by atoms with Crippen molar-refractivity contribution in [3.63, 3.8) is 0 Å². The first-order valence-electron chi connectivity index (χ1n) is 6.96. The van der Waals surface area contributed by atoms with Gasteiger partial charge in [0, 0.05) is 0 Å². The molecule has 0 spiro atoms. The molecule has 0 amide bonds. The third kappa shape index (κ3) is 3.50. The molecule has 0 aliphatic rings. The van der Waals surface area contributed by atoms with E-state index in [1.54, 1.807) is 47.6 Å². The first kappa shape index (κ1) is 16.1. The summed E-state index contributed by atoms with van der Waals surface area (Å²) in [4.78, 5) is 24.7. The van der Waals surface area contributed by atoms with Crippen LogP contribution in [0, 0.1) is 0 Å². The van der Waals surface area contributed by atoms with Crippen molar-refractivity contribution in [1.82, 2.24) is 0 Å². The maximum Gasteiger partial charge on any atom is 0.343 e. The van der Waals surface area contributed by atoms with Crippen LogP contribution in [0.1, 0.15) is 62.3 Å². The normalized spacial score (nSPS) is 12.5. The first-order chi connectivity index (χ1) is 9.98. The van der Waals surface area contributed by atoms with Crippen molar-refractivity contribution in [1.29, 1.82) is 0 Å². The molecular weight excluding hydrogens is 288 g/mol. The average Bonchev–Trinajstić information content (AvgIpc) is 2.25. The van der Waals surface area contributed by atoms with Gasteiger partial charge in [0.05, 0.1) is 5.56 Å². The molecule has 22 heavy (non-hydrogen) atoms. The second-order valence-electron chi connectivity index (χ2n) is 6.99. The van der Waals surface area contributed by atoms with Crippen LogP contribution in [-0.2, 0) is 9.47 Å². The van der Waals surface area contributed by atoms with Gasteiger partial charge >= 0.3 is 11.9 Å². The lowest BCUT2D eigenvalue weighted by atomic mass is 10.0. The number of carbonyl (C=O) groups excluding carboxylic acids is 2. The first-order valence-corrected chi connectivity index (χ1v) is 6.96. The SMILES string of the molecule is CC(C)(C)OC(=O)c1ccc2ooc2c1C(=O)OC(C)(C)C. The molecule has 2 rings (SSSR count). The number of esters is 2. The van der Waals surface area contributed by atoms with E-state index in [0.29, 0.717) is 5.58 Å². The molecule has 0 aliphatic carbocycles. The van der Waals surface area contributed by atoms with Gasteiger partial charge in [-0.2, -0.15) is 0 Å². The Morgan fingerprint density at radius 3 is 1.86 bits per heavy atom. The molecule has 1 heterocycles. The topological polar surface area (TPSA) is 78.9 Å². The van der Waals surface area contributed by atoms with Crippen LogP contribution in [0.5, 0.6) is 0 Å². The van der Waals surface area contributed by atoms with Crippen molar-refractivity contribution in [2.75, 3.05) is 0 Å². The van der Waals surface area contributed by atoms with Crippen LogP contribution in [0.25, 0.3) is 11.2 Å². The van der Waals surface area contributed by atoms with Gasteiger partial charge in [-0.05, 0) is 53.7 Å². The molecular formula is C16H20O6. The second-order valence-corrected chi connectivity index (χ2v) is 6.99. The summed E-state index contributed by atoms with van der Waals surface area (Å²) in [6.45, 7) is 10.5. The highest BCUT2D eigenvalue weighted by molar-refractivity contribution is 6.10. The van der Waals surface area contributed by atoms with E-state index in [9.17, 15) is 9.59 Å². The minimum absolute atomic E-state index is 0.0212. The van der Waals surface area contributed by atoms with Crippen LogP contribution >= 0.6 is 0 Å². The molecule has 6 nitrogen and oxygen atoms in total. The lowest BCUT2D eigenvalue weighted by Crippen LogP contribution is -2.28. The summed E-state index contributed by atoms with van der Waals surface area (Å²) in [6, 6.07) is 3.01. The van der Waals surface area contributed by atoms with E-state index in [1.165, 1.54) is 6.07 Å². The zero-order valence-electron chi connectivity index (χ0n) is 13.6. The molecule has 0 fully saturated rings. The number of carbonyl (C=O) groups is 2. The molecule has 0 radical (unpaired) electrons. The lowest BCUT2D eigenvalue weighted by Gasteiger charge is -2.22. The van der Waals surface area contributed by atoms with Crippen molar-refractivity contribution in [2.24, 2.45) is 0 Å². The molecule has 0 bridgehead atoms. The van der Waals surface area contributed by atoms with Crippen molar-refractivity contribution in [3.8, 4) is 0 Å². The summed E-state index contributed by atoms with van der Waals surface area (Å²) >= 11 is 0. The van der Waals surface area contributed by atoms with Crippen LogP contribution in [-0.4, -0.2) is 23.1 Å². The van der Waals surface area contributed by atoms with Gasteiger partial charge in [-0.3, -0.25) is 9.15 Å². The molecule has 0 atom stereocenters. The third-order valence-electron chi connectivity index (χ3n) is 2.56. The smallest absolute Gasteiger partial charge is 0.343 e. The monoisotopic (exact) mass is 308 g/mol. The predicted octanol–water partition coefficient (Wildman–Crippen LogP) is 3.94. The summed E-state index contributed by atoms with van der Waals surface area (Å²) in [5.41, 5.74) is -0.692. The van der Waals surface area contributed by atoms with Gasteiger partial charge in [-0.25, -0.2) is 9.59 Å². The van der Waals surface area contributed by atoms with Crippen molar-refractivity contribution in [3.05, 3.63) is 23.3 Å². The molecule has 0 unspecified atom stereocenters. The quantitative estimate of drug-likeness (QED) is 0.617. The van der Waals surface area contributed by atoms with Gasteiger partial charge < -0.3 is 9.47 Å². The summed E-state index contributed by atoms with van der Waals surface area (Å²) in [5.74, 6) is -1.28. The fourth-order valence-corrected chi connectivity index (χ4v) is 1.80. The Morgan fingerprint density at radius 1 is 0.864 bits per heavy atom. The minimum Gasteiger partial charge on any atom is -0.456 e. The highest BCUT2D eigenvalue weighted by Crippen LogP contribution is 2.29. The van der Waals surface area contributed by atoms with Crippen molar-refractivity contribution >= 4 is 23.1 Å². The number of benzene rings is 1. The van der Waals surface area contributed by atoms with Gasteiger partial charge in [-0.15, -0.1) is 0 Å². The number of hydrogen-bond donors (Lipinski definition) is 0. The van der Waals surface area contributed by atoms with E-state index in [1.807, 2.05) is 0 Å². The zero-order valence-corrected chi connectivity index (χ0v) is 13.6.